The fourth-order valence-electron chi connectivity index (χ4n) is 5.03. The van der Waals surface area contributed by atoms with E-state index in [0.717, 1.165) is 45.2 Å². The van der Waals surface area contributed by atoms with E-state index in [1.807, 2.05) is 73.7 Å². The monoisotopic (exact) mass is 539 g/mol. The maximum atomic E-state index is 13.4. The molecule has 4 aromatic carbocycles. The van der Waals surface area contributed by atoms with E-state index in [1.165, 1.54) is 12.1 Å². The summed E-state index contributed by atoms with van der Waals surface area (Å²) in [6.45, 7) is 1.94. The van der Waals surface area contributed by atoms with Crippen LogP contribution in [0.25, 0.3) is 27.7 Å². The van der Waals surface area contributed by atoms with Crippen molar-refractivity contribution in [3.05, 3.63) is 125 Å². The number of benzene rings is 4. The quantitative estimate of drug-likeness (QED) is 0.234. The lowest BCUT2D eigenvalue weighted by molar-refractivity contribution is -0.137. The molecule has 0 spiro atoms. The average Bonchev–Trinajstić information content (AvgIpc) is 3.39. The summed E-state index contributed by atoms with van der Waals surface area (Å²) in [5, 5.41) is 9.26. The Balaban J connectivity index is 1.27. The van der Waals surface area contributed by atoms with Crippen molar-refractivity contribution in [2.75, 3.05) is 0 Å². The molecule has 0 saturated heterocycles. The van der Waals surface area contributed by atoms with Gasteiger partial charge in [-0.25, -0.2) is 0 Å². The van der Waals surface area contributed by atoms with Crippen LogP contribution in [0.3, 0.4) is 0 Å². The van der Waals surface area contributed by atoms with Gasteiger partial charge in [-0.2, -0.15) is 18.2 Å². The highest BCUT2D eigenvalue weighted by Crippen LogP contribution is 2.47. The molecule has 2 unspecified atom stereocenters. The predicted octanol–water partition coefficient (Wildman–Crippen LogP) is 7.41. The second-order valence-corrected chi connectivity index (χ2v) is 9.87. The third kappa shape index (κ3) is 5.12. The van der Waals surface area contributed by atoms with Gasteiger partial charge in [0.05, 0.1) is 11.5 Å². The normalized spacial score (nSPS) is 15.8. The number of nitrogens with one attached hydrogen (secondary N) is 1. The van der Waals surface area contributed by atoms with E-state index < -0.39 is 17.8 Å². The van der Waals surface area contributed by atoms with E-state index in [1.54, 1.807) is 0 Å². The first-order valence-electron chi connectivity index (χ1n) is 12.8. The van der Waals surface area contributed by atoms with E-state index >= 15 is 0 Å². The average molecular weight is 540 g/mol. The van der Waals surface area contributed by atoms with Crippen molar-refractivity contribution >= 4 is 22.3 Å². The number of aromatic nitrogens is 2. The Labute approximate surface area is 228 Å². The zero-order chi connectivity index (χ0) is 27.9. The second kappa shape index (κ2) is 10.1. The third-order valence-electron chi connectivity index (χ3n) is 7.19. The molecule has 0 saturated carbocycles. The summed E-state index contributed by atoms with van der Waals surface area (Å²) in [5.74, 6) is -0.196. The molecular weight excluding hydrogens is 515 g/mol. The minimum absolute atomic E-state index is 0.146. The van der Waals surface area contributed by atoms with E-state index in [-0.39, 0.29) is 23.5 Å². The summed E-state index contributed by atoms with van der Waals surface area (Å²) in [6.07, 6.45) is -4.05. The number of carbonyl (C=O) groups excluding carboxylic acids is 1. The smallest absolute Gasteiger partial charge is 0.343 e. The van der Waals surface area contributed by atoms with Gasteiger partial charge in [0.2, 0.25) is 17.6 Å². The standard InChI is InChI=1S/C32H24F3N3O2/c1-19-27(22-8-3-2-4-9-22)28(19)30(39)36-26(18-20-11-12-21-7-5-6-10-24(21)17-20)31-37-29(38-40-31)23-13-15-25(16-14-23)32(33,34)35/h2-17,26,28H,18H2,1H3,(H,36,39). The summed E-state index contributed by atoms with van der Waals surface area (Å²) in [6, 6.07) is 27.7. The summed E-state index contributed by atoms with van der Waals surface area (Å²) in [5.41, 5.74) is 3.59. The topological polar surface area (TPSA) is 68.0 Å². The Bertz CT molecular complexity index is 1720. The van der Waals surface area contributed by atoms with Crippen LogP contribution in [0.5, 0.6) is 0 Å². The number of halogens is 3. The van der Waals surface area contributed by atoms with Crippen LogP contribution >= 0.6 is 0 Å². The van der Waals surface area contributed by atoms with Gasteiger partial charge >= 0.3 is 6.18 Å². The van der Waals surface area contributed by atoms with Gasteiger partial charge < -0.3 is 9.84 Å². The molecule has 1 aromatic heterocycles. The maximum absolute atomic E-state index is 13.4. The summed E-state index contributed by atoms with van der Waals surface area (Å²) >= 11 is 0. The maximum Gasteiger partial charge on any atom is 0.416 e. The van der Waals surface area contributed by atoms with Crippen LogP contribution in [0.15, 0.2) is 107 Å². The molecule has 5 nitrogen and oxygen atoms in total. The molecule has 0 aliphatic heterocycles. The molecule has 8 heteroatoms. The second-order valence-electron chi connectivity index (χ2n) is 9.87. The zero-order valence-electron chi connectivity index (χ0n) is 21.4. The molecule has 1 aliphatic carbocycles. The predicted molar refractivity (Wildman–Crippen MR) is 146 cm³/mol. The van der Waals surface area contributed by atoms with Gasteiger partial charge in [0.1, 0.15) is 6.04 Å². The van der Waals surface area contributed by atoms with E-state index in [2.05, 4.69) is 21.5 Å². The Kier molecular flexibility index (Phi) is 6.46. The Morgan fingerprint density at radius 2 is 1.60 bits per heavy atom. The summed E-state index contributed by atoms with van der Waals surface area (Å²) < 4.78 is 44.6. The van der Waals surface area contributed by atoms with Crippen LogP contribution in [0.4, 0.5) is 13.2 Å². The van der Waals surface area contributed by atoms with Gasteiger partial charge in [0.15, 0.2) is 0 Å². The number of hydrogen-bond acceptors (Lipinski definition) is 4. The van der Waals surface area contributed by atoms with Gasteiger partial charge in [-0.05, 0) is 46.5 Å². The minimum Gasteiger partial charge on any atom is -0.343 e. The molecule has 200 valence electrons. The van der Waals surface area contributed by atoms with E-state index in [0.29, 0.717) is 12.0 Å². The molecule has 1 aliphatic rings. The third-order valence-corrected chi connectivity index (χ3v) is 7.19. The molecule has 0 radical (unpaired) electrons. The lowest BCUT2D eigenvalue weighted by Gasteiger charge is -2.16. The van der Waals surface area contributed by atoms with Crippen LogP contribution in [0.2, 0.25) is 0 Å². The van der Waals surface area contributed by atoms with Crippen molar-refractivity contribution < 1.29 is 22.5 Å². The number of nitrogens with zero attached hydrogens (tertiary/aromatic N) is 2. The molecule has 2 atom stereocenters. The molecule has 5 aromatic rings. The van der Waals surface area contributed by atoms with E-state index in [4.69, 9.17) is 4.52 Å². The summed E-state index contributed by atoms with van der Waals surface area (Å²) in [7, 11) is 0. The highest BCUT2D eigenvalue weighted by Gasteiger charge is 2.41. The van der Waals surface area contributed by atoms with Crippen LogP contribution in [-0.4, -0.2) is 16.0 Å². The molecule has 1 heterocycles. The molecule has 0 bridgehead atoms. The van der Waals surface area contributed by atoms with Crippen molar-refractivity contribution in [2.24, 2.45) is 5.92 Å². The molecule has 1 amide bonds. The van der Waals surface area contributed by atoms with Gasteiger partial charge in [0, 0.05) is 12.0 Å². The molecule has 1 N–H and O–H groups in total. The number of fused-ring (bicyclic) bond motifs is 1. The van der Waals surface area contributed by atoms with Crippen molar-refractivity contribution in [3.8, 4) is 11.4 Å². The lowest BCUT2D eigenvalue weighted by Crippen LogP contribution is -2.32. The van der Waals surface area contributed by atoms with Crippen molar-refractivity contribution in [2.45, 2.75) is 25.6 Å². The Morgan fingerprint density at radius 1 is 0.900 bits per heavy atom. The minimum atomic E-state index is -4.44. The highest BCUT2D eigenvalue weighted by atomic mass is 19.4. The van der Waals surface area contributed by atoms with E-state index in [9.17, 15) is 18.0 Å². The largest absolute Gasteiger partial charge is 0.416 e. The van der Waals surface area contributed by atoms with Crippen LogP contribution < -0.4 is 5.32 Å². The van der Waals surface area contributed by atoms with Crippen LogP contribution in [0, 0.1) is 5.92 Å². The van der Waals surface area contributed by atoms with Gasteiger partial charge in [0.25, 0.3) is 0 Å². The number of carbonyl (C=O) groups is 1. The number of hydrogen-bond donors (Lipinski definition) is 1. The summed E-state index contributed by atoms with van der Waals surface area (Å²) in [4.78, 5) is 17.9. The zero-order valence-corrected chi connectivity index (χ0v) is 21.4. The fraction of sp³-hybridized carbons (Fsp3) is 0.156. The number of amides is 1. The van der Waals surface area contributed by atoms with Crippen molar-refractivity contribution in [1.82, 2.24) is 15.5 Å². The van der Waals surface area contributed by atoms with Gasteiger partial charge in [-0.15, -0.1) is 0 Å². The number of alkyl halides is 3. The lowest BCUT2D eigenvalue weighted by atomic mass is 10.0. The van der Waals surface area contributed by atoms with Gasteiger partial charge in [-0.1, -0.05) is 95.7 Å². The molecule has 40 heavy (non-hydrogen) atoms. The highest BCUT2D eigenvalue weighted by molar-refractivity contribution is 6.06. The number of rotatable bonds is 7. The first-order chi connectivity index (χ1) is 19.3. The van der Waals surface area contributed by atoms with Crippen molar-refractivity contribution in [1.29, 1.82) is 0 Å². The van der Waals surface area contributed by atoms with Gasteiger partial charge in [-0.3, -0.25) is 4.79 Å². The fourth-order valence-corrected chi connectivity index (χ4v) is 5.03. The molecule has 6 rings (SSSR count). The molecule has 0 fully saturated rings. The van der Waals surface area contributed by atoms with Crippen molar-refractivity contribution in [3.63, 3.8) is 0 Å². The SMILES string of the molecule is CC1=C(c2ccccc2)C1C(=O)NC(Cc1ccc2ccccc2c1)c1nc(-c2ccc(C(F)(F)F)cc2)no1. The Morgan fingerprint density at radius 3 is 2.33 bits per heavy atom. The first kappa shape index (κ1) is 25.6. The van der Waals surface area contributed by atoms with Crippen LogP contribution in [-0.2, 0) is 17.4 Å². The Hall–Kier alpha value is -4.72. The van der Waals surface area contributed by atoms with Crippen LogP contribution in [0.1, 0.15) is 35.5 Å². The first-order valence-corrected chi connectivity index (χ1v) is 12.8. The molecular formula is C32H24F3N3O2.